The molecule has 2 heterocycles. The zero-order valence-corrected chi connectivity index (χ0v) is 7.41. The summed E-state index contributed by atoms with van der Waals surface area (Å²) < 4.78 is 1.05. The fourth-order valence-electron chi connectivity index (χ4n) is 0.904. The van der Waals surface area contributed by atoms with Gasteiger partial charge in [-0.15, -0.1) is 11.3 Å². The van der Waals surface area contributed by atoms with Gasteiger partial charge in [0.15, 0.2) is 5.65 Å². The van der Waals surface area contributed by atoms with Crippen LogP contribution in [0.1, 0.15) is 5.01 Å². The zero-order valence-electron chi connectivity index (χ0n) is 5.84. The third kappa shape index (κ3) is 1.21. The van der Waals surface area contributed by atoms with Crippen LogP contribution in [0.15, 0.2) is 12.3 Å². The zero-order chi connectivity index (χ0) is 7.84. The fourth-order valence-corrected chi connectivity index (χ4v) is 1.95. The first kappa shape index (κ1) is 7.00. The number of rotatable bonds is 0. The quantitative estimate of drug-likeness (QED) is 0.629. The van der Waals surface area contributed by atoms with Gasteiger partial charge in [0.2, 0.25) is 0 Å². The Morgan fingerprint density at radius 2 is 2.36 bits per heavy atom. The van der Waals surface area contributed by atoms with Gasteiger partial charge in [-0.25, -0.2) is 9.97 Å². The van der Waals surface area contributed by atoms with Crippen molar-refractivity contribution >= 4 is 33.3 Å². The van der Waals surface area contributed by atoms with Crippen LogP contribution in [-0.4, -0.2) is 9.97 Å². The van der Waals surface area contributed by atoms with Crippen molar-refractivity contribution < 1.29 is 0 Å². The Morgan fingerprint density at radius 3 is 3.18 bits per heavy atom. The summed E-state index contributed by atoms with van der Waals surface area (Å²) in [5, 5.41) is 1.69. The van der Waals surface area contributed by atoms with Gasteiger partial charge in [0, 0.05) is 6.20 Å². The van der Waals surface area contributed by atoms with E-state index in [4.69, 9.17) is 11.6 Å². The van der Waals surface area contributed by atoms with Crippen molar-refractivity contribution in [1.29, 1.82) is 0 Å². The molecule has 0 saturated carbocycles. The average Bonchev–Trinajstić information content (AvgIpc) is 2.27. The number of aromatic nitrogens is 2. The minimum Gasteiger partial charge on any atom is -0.234 e. The molecule has 0 aromatic carbocycles. The number of thiazole rings is 1. The first-order valence-electron chi connectivity index (χ1n) is 3.14. The Kier molecular flexibility index (Phi) is 1.55. The lowest BCUT2D eigenvalue weighted by atomic mass is 10.5. The summed E-state index contributed by atoms with van der Waals surface area (Å²) in [6.45, 7) is 1.96. The maximum Gasteiger partial charge on any atom is 0.170 e. The van der Waals surface area contributed by atoms with Gasteiger partial charge < -0.3 is 0 Å². The number of pyridine rings is 1. The molecule has 0 aliphatic heterocycles. The van der Waals surface area contributed by atoms with Crippen molar-refractivity contribution in [3.8, 4) is 0 Å². The highest BCUT2D eigenvalue weighted by Crippen LogP contribution is 2.22. The number of fused-ring (bicyclic) bond motifs is 1. The van der Waals surface area contributed by atoms with Gasteiger partial charge in [0.1, 0.15) is 0 Å². The molecule has 11 heavy (non-hydrogen) atoms. The molecular formula is C7H5ClN2S. The van der Waals surface area contributed by atoms with Crippen LogP contribution in [-0.2, 0) is 0 Å². The summed E-state index contributed by atoms with van der Waals surface area (Å²) in [4.78, 5) is 8.27. The van der Waals surface area contributed by atoms with Crippen molar-refractivity contribution in [2.75, 3.05) is 0 Å². The highest BCUT2D eigenvalue weighted by molar-refractivity contribution is 7.18. The number of halogens is 1. The van der Waals surface area contributed by atoms with Gasteiger partial charge in [0.25, 0.3) is 0 Å². The number of nitrogens with zero attached hydrogens (tertiary/aromatic N) is 2. The first-order valence-corrected chi connectivity index (χ1v) is 4.34. The fraction of sp³-hybridized carbons (Fsp3) is 0.143. The molecule has 0 aliphatic rings. The molecule has 0 N–H and O–H groups in total. The number of aryl methyl sites for hydroxylation is 1. The molecule has 0 spiro atoms. The molecule has 2 aromatic rings. The van der Waals surface area contributed by atoms with Crippen LogP contribution in [0.4, 0.5) is 0 Å². The third-order valence-electron chi connectivity index (χ3n) is 1.32. The Morgan fingerprint density at radius 1 is 1.55 bits per heavy atom. The molecular weight excluding hydrogens is 180 g/mol. The van der Waals surface area contributed by atoms with E-state index in [-0.39, 0.29) is 0 Å². The van der Waals surface area contributed by atoms with Crippen LogP contribution in [0.3, 0.4) is 0 Å². The van der Waals surface area contributed by atoms with Crippen molar-refractivity contribution in [2.24, 2.45) is 0 Å². The lowest BCUT2D eigenvalue weighted by Crippen LogP contribution is -1.74. The lowest BCUT2D eigenvalue weighted by Gasteiger charge is -1.85. The predicted octanol–water partition coefficient (Wildman–Crippen LogP) is 2.65. The van der Waals surface area contributed by atoms with Crippen LogP contribution in [0.5, 0.6) is 0 Å². The molecule has 0 fully saturated rings. The second-order valence-electron chi connectivity index (χ2n) is 2.21. The van der Waals surface area contributed by atoms with E-state index < -0.39 is 0 Å². The van der Waals surface area contributed by atoms with Crippen LogP contribution in [0.2, 0.25) is 5.02 Å². The first-order chi connectivity index (χ1) is 5.25. The Bertz CT molecular complexity index is 396. The SMILES string of the molecule is Cc1nc2ncc(Cl)cc2s1. The standard InChI is InChI=1S/C7H5ClN2S/c1-4-10-7-6(11-4)2-5(8)3-9-7/h2-3H,1H3. The number of hydrogen-bond acceptors (Lipinski definition) is 3. The molecule has 0 atom stereocenters. The van der Waals surface area contributed by atoms with Crippen LogP contribution >= 0.6 is 22.9 Å². The Balaban J connectivity index is 2.82. The largest absolute Gasteiger partial charge is 0.234 e. The van der Waals surface area contributed by atoms with E-state index in [0.29, 0.717) is 5.02 Å². The summed E-state index contributed by atoms with van der Waals surface area (Å²) in [5.41, 5.74) is 0.789. The van der Waals surface area contributed by atoms with E-state index in [0.717, 1.165) is 15.4 Å². The maximum absolute atomic E-state index is 5.74. The van der Waals surface area contributed by atoms with Crippen LogP contribution < -0.4 is 0 Å². The molecule has 0 bridgehead atoms. The second kappa shape index (κ2) is 2.43. The summed E-state index contributed by atoms with van der Waals surface area (Å²) in [7, 11) is 0. The van der Waals surface area contributed by atoms with E-state index in [2.05, 4.69) is 9.97 Å². The van der Waals surface area contributed by atoms with Gasteiger partial charge in [0.05, 0.1) is 14.7 Å². The summed E-state index contributed by atoms with van der Waals surface area (Å²) in [6, 6.07) is 1.88. The topological polar surface area (TPSA) is 25.8 Å². The second-order valence-corrected chi connectivity index (χ2v) is 3.88. The molecule has 0 unspecified atom stereocenters. The van der Waals surface area contributed by atoms with Gasteiger partial charge in [-0.2, -0.15) is 0 Å². The van der Waals surface area contributed by atoms with E-state index in [9.17, 15) is 0 Å². The monoisotopic (exact) mass is 184 g/mol. The van der Waals surface area contributed by atoms with Crippen molar-refractivity contribution in [1.82, 2.24) is 9.97 Å². The molecule has 2 aromatic heterocycles. The Labute approximate surface area is 72.9 Å². The summed E-state index contributed by atoms with van der Waals surface area (Å²) in [6.07, 6.45) is 1.61. The molecule has 2 nitrogen and oxygen atoms in total. The molecule has 56 valence electrons. The van der Waals surface area contributed by atoms with Gasteiger partial charge in [-0.1, -0.05) is 11.6 Å². The van der Waals surface area contributed by atoms with Gasteiger partial charge in [-0.05, 0) is 13.0 Å². The summed E-state index contributed by atoms with van der Waals surface area (Å²) >= 11 is 7.35. The minimum atomic E-state index is 0.668. The normalized spacial score (nSPS) is 10.7. The average molecular weight is 185 g/mol. The van der Waals surface area contributed by atoms with E-state index in [1.54, 1.807) is 17.5 Å². The number of hydrogen-bond donors (Lipinski definition) is 0. The third-order valence-corrected chi connectivity index (χ3v) is 2.43. The molecule has 2 rings (SSSR count). The molecule has 0 saturated heterocycles. The smallest absolute Gasteiger partial charge is 0.170 e. The van der Waals surface area contributed by atoms with E-state index in [1.807, 2.05) is 13.0 Å². The van der Waals surface area contributed by atoms with E-state index >= 15 is 0 Å². The van der Waals surface area contributed by atoms with Crippen LogP contribution in [0.25, 0.3) is 10.3 Å². The van der Waals surface area contributed by atoms with Crippen molar-refractivity contribution in [2.45, 2.75) is 6.92 Å². The molecule has 4 heteroatoms. The molecule has 0 radical (unpaired) electrons. The molecule has 0 amide bonds. The Hall–Kier alpha value is -0.670. The summed E-state index contributed by atoms with van der Waals surface area (Å²) in [5.74, 6) is 0. The predicted molar refractivity (Wildman–Crippen MR) is 47.2 cm³/mol. The van der Waals surface area contributed by atoms with Gasteiger partial charge >= 0.3 is 0 Å². The highest BCUT2D eigenvalue weighted by atomic mass is 35.5. The van der Waals surface area contributed by atoms with Crippen molar-refractivity contribution in [3.05, 3.63) is 22.3 Å². The van der Waals surface area contributed by atoms with Gasteiger partial charge in [-0.3, -0.25) is 0 Å². The maximum atomic E-state index is 5.74. The highest BCUT2D eigenvalue weighted by Gasteiger charge is 2.00. The van der Waals surface area contributed by atoms with Crippen LogP contribution in [0, 0.1) is 6.92 Å². The molecule has 0 aliphatic carbocycles. The minimum absolute atomic E-state index is 0.668. The van der Waals surface area contributed by atoms with Crippen molar-refractivity contribution in [3.63, 3.8) is 0 Å². The lowest BCUT2D eigenvalue weighted by molar-refractivity contribution is 1.27. The van der Waals surface area contributed by atoms with E-state index in [1.165, 1.54) is 0 Å².